The second-order valence-electron chi connectivity index (χ2n) is 5.94. The van der Waals surface area contributed by atoms with Gasteiger partial charge in [0.25, 0.3) is 5.78 Å². The van der Waals surface area contributed by atoms with Crippen LogP contribution in [-0.2, 0) is 4.74 Å². The molecule has 0 bridgehead atoms. The Kier molecular flexibility index (Phi) is 3.39. The topological polar surface area (TPSA) is 103 Å². The fraction of sp³-hybridized carbons (Fsp3) is 0.167. The SMILES string of the molecule is CCOC(=O)c1cccc(Nc2nc3nc4cc5c(cc4n3[nH]2)OCO5)c1. The molecule has 0 spiro atoms. The van der Waals surface area contributed by atoms with Crippen LogP contribution in [0.15, 0.2) is 36.4 Å². The molecule has 2 aromatic carbocycles. The zero-order valence-electron chi connectivity index (χ0n) is 14.4. The molecule has 9 nitrogen and oxygen atoms in total. The maximum atomic E-state index is 11.9. The van der Waals surface area contributed by atoms with Crippen molar-refractivity contribution >= 4 is 34.4 Å². The molecule has 2 N–H and O–H groups in total. The zero-order chi connectivity index (χ0) is 18.4. The molecule has 3 heterocycles. The van der Waals surface area contributed by atoms with Crippen LogP contribution in [0.4, 0.5) is 11.6 Å². The molecule has 2 aromatic heterocycles. The summed E-state index contributed by atoms with van der Waals surface area (Å²) >= 11 is 0. The van der Waals surface area contributed by atoms with Crippen LogP contribution in [0.3, 0.4) is 0 Å². The van der Waals surface area contributed by atoms with Crippen LogP contribution in [0.25, 0.3) is 16.8 Å². The van der Waals surface area contributed by atoms with Crippen LogP contribution >= 0.6 is 0 Å². The summed E-state index contributed by atoms with van der Waals surface area (Å²) in [5.74, 6) is 2.00. The smallest absolute Gasteiger partial charge is 0.338 e. The number of rotatable bonds is 4. The number of hydrogen-bond acceptors (Lipinski definition) is 7. The minimum Gasteiger partial charge on any atom is -0.462 e. The van der Waals surface area contributed by atoms with Crippen molar-refractivity contribution in [3.8, 4) is 11.5 Å². The van der Waals surface area contributed by atoms with Crippen molar-refractivity contribution in [2.24, 2.45) is 0 Å². The largest absolute Gasteiger partial charge is 0.462 e. The average Bonchev–Trinajstić information content (AvgIpc) is 3.34. The lowest BCUT2D eigenvalue weighted by Crippen LogP contribution is -2.05. The minimum atomic E-state index is -0.363. The van der Waals surface area contributed by atoms with Gasteiger partial charge in [-0.25, -0.2) is 14.3 Å². The predicted octanol–water partition coefficient (Wildman–Crippen LogP) is 2.86. The van der Waals surface area contributed by atoms with E-state index in [0.717, 1.165) is 11.0 Å². The molecule has 0 fully saturated rings. The zero-order valence-corrected chi connectivity index (χ0v) is 14.4. The molecule has 0 saturated carbocycles. The molecule has 0 aliphatic carbocycles. The van der Waals surface area contributed by atoms with E-state index in [-0.39, 0.29) is 12.8 Å². The summed E-state index contributed by atoms with van der Waals surface area (Å²) in [6, 6.07) is 10.7. The number of hydrogen-bond donors (Lipinski definition) is 2. The van der Waals surface area contributed by atoms with Crippen LogP contribution in [0.5, 0.6) is 11.5 Å². The lowest BCUT2D eigenvalue weighted by Gasteiger charge is -2.05. The number of carbonyl (C=O) groups is 1. The molecule has 0 unspecified atom stereocenters. The van der Waals surface area contributed by atoms with E-state index in [1.807, 2.05) is 18.2 Å². The fourth-order valence-electron chi connectivity index (χ4n) is 3.00. The van der Waals surface area contributed by atoms with E-state index in [1.165, 1.54) is 0 Å². The number of anilines is 2. The van der Waals surface area contributed by atoms with Gasteiger partial charge >= 0.3 is 5.97 Å². The van der Waals surface area contributed by atoms with Crippen molar-refractivity contribution in [2.45, 2.75) is 6.92 Å². The van der Waals surface area contributed by atoms with Crippen LogP contribution in [0, 0.1) is 0 Å². The van der Waals surface area contributed by atoms with E-state index in [4.69, 9.17) is 14.2 Å². The number of benzene rings is 2. The highest BCUT2D eigenvalue weighted by molar-refractivity contribution is 5.90. The van der Waals surface area contributed by atoms with Gasteiger partial charge < -0.3 is 19.5 Å². The van der Waals surface area contributed by atoms with Gasteiger partial charge in [-0.15, -0.1) is 0 Å². The minimum absolute atomic E-state index is 0.211. The molecule has 4 aromatic rings. The van der Waals surface area contributed by atoms with Crippen LogP contribution < -0.4 is 14.8 Å². The molecule has 9 heteroatoms. The third kappa shape index (κ3) is 2.60. The number of nitrogens with zero attached hydrogens (tertiary/aromatic N) is 3. The Morgan fingerprint density at radius 2 is 2.11 bits per heavy atom. The van der Waals surface area contributed by atoms with E-state index in [9.17, 15) is 4.79 Å². The average molecular weight is 365 g/mol. The number of aromatic nitrogens is 4. The van der Waals surface area contributed by atoms with Gasteiger partial charge in [0.15, 0.2) is 11.5 Å². The summed E-state index contributed by atoms with van der Waals surface area (Å²) in [6.07, 6.45) is 0. The maximum Gasteiger partial charge on any atom is 0.338 e. The number of aromatic amines is 1. The first-order chi connectivity index (χ1) is 13.2. The quantitative estimate of drug-likeness (QED) is 0.536. The van der Waals surface area contributed by atoms with Gasteiger partial charge in [0.05, 0.1) is 23.2 Å². The highest BCUT2D eigenvalue weighted by Crippen LogP contribution is 2.36. The van der Waals surface area contributed by atoms with Crippen molar-refractivity contribution in [1.29, 1.82) is 0 Å². The van der Waals surface area contributed by atoms with Gasteiger partial charge in [-0.3, -0.25) is 5.10 Å². The first-order valence-corrected chi connectivity index (χ1v) is 8.43. The molecule has 1 aliphatic heterocycles. The van der Waals surface area contributed by atoms with Crippen LogP contribution in [-0.4, -0.2) is 39.0 Å². The number of ether oxygens (including phenoxy) is 3. The lowest BCUT2D eigenvalue weighted by atomic mass is 10.2. The summed E-state index contributed by atoms with van der Waals surface area (Å²) in [5.41, 5.74) is 2.76. The van der Waals surface area contributed by atoms with Crippen molar-refractivity contribution in [1.82, 2.24) is 19.6 Å². The lowest BCUT2D eigenvalue weighted by molar-refractivity contribution is 0.0526. The van der Waals surface area contributed by atoms with E-state index in [1.54, 1.807) is 29.6 Å². The number of imidazole rings is 1. The van der Waals surface area contributed by atoms with Gasteiger partial charge in [0.2, 0.25) is 12.7 Å². The highest BCUT2D eigenvalue weighted by Gasteiger charge is 2.18. The third-order valence-corrected chi connectivity index (χ3v) is 4.20. The molecule has 0 atom stereocenters. The molecule has 0 saturated heterocycles. The summed E-state index contributed by atoms with van der Waals surface area (Å²) in [5, 5.41) is 6.29. The van der Waals surface area contributed by atoms with Gasteiger partial charge in [-0.1, -0.05) is 6.07 Å². The van der Waals surface area contributed by atoms with Crippen LogP contribution in [0.1, 0.15) is 17.3 Å². The maximum absolute atomic E-state index is 11.9. The number of H-pyrrole nitrogens is 1. The summed E-state index contributed by atoms with van der Waals surface area (Å²) in [6.45, 7) is 2.31. The first-order valence-electron chi connectivity index (χ1n) is 8.43. The Morgan fingerprint density at radius 1 is 1.26 bits per heavy atom. The molecule has 0 amide bonds. The van der Waals surface area contributed by atoms with Crippen molar-refractivity contribution in [2.75, 3.05) is 18.7 Å². The van der Waals surface area contributed by atoms with E-state index >= 15 is 0 Å². The van der Waals surface area contributed by atoms with E-state index < -0.39 is 0 Å². The first kappa shape index (κ1) is 15.5. The summed E-state index contributed by atoms with van der Waals surface area (Å²) in [7, 11) is 0. The number of fused-ring (bicyclic) bond motifs is 4. The standard InChI is InChI=1S/C18H15N5O4/c1-2-25-16(24)10-4-3-5-11(6-10)19-17-21-18-20-12-7-14-15(27-9-26-14)8-13(12)23(18)22-17/h3-8H,2,9H2,1H3,(H2,19,20,21,22). The number of nitrogens with one attached hydrogen (secondary N) is 2. The number of carbonyl (C=O) groups excluding carboxylic acids is 1. The molecular weight excluding hydrogens is 350 g/mol. The summed E-state index contributed by atoms with van der Waals surface area (Å²) in [4.78, 5) is 20.8. The van der Waals surface area contributed by atoms with Gasteiger partial charge in [-0.05, 0) is 25.1 Å². The second kappa shape index (κ2) is 5.90. The monoisotopic (exact) mass is 365 g/mol. The van der Waals surface area contributed by atoms with E-state index in [2.05, 4.69) is 20.4 Å². The molecular formula is C18H15N5O4. The second-order valence-corrected chi connectivity index (χ2v) is 5.94. The molecule has 136 valence electrons. The molecule has 1 aliphatic rings. The Morgan fingerprint density at radius 3 is 2.96 bits per heavy atom. The molecule has 5 rings (SSSR count). The molecule has 0 radical (unpaired) electrons. The van der Waals surface area contributed by atoms with Gasteiger partial charge in [0, 0.05) is 17.8 Å². The van der Waals surface area contributed by atoms with Crippen molar-refractivity contribution < 1.29 is 19.0 Å². The Labute approximate surface area is 152 Å². The highest BCUT2D eigenvalue weighted by atomic mass is 16.7. The Bertz CT molecular complexity index is 1180. The molecule has 27 heavy (non-hydrogen) atoms. The van der Waals surface area contributed by atoms with E-state index in [0.29, 0.717) is 41.1 Å². The van der Waals surface area contributed by atoms with Crippen molar-refractivity contribution in [3.63, 3.8) is 0 Å². The van der Waals surface area contributed by atoms with Gasteiger partial charge in [-0.2, -0.15) is 4.98 Å². The Balaban J connectivity index is 1.47. The fourth-order valence-corrected chi connectivity index (χ4v) is 3.00. The van der Waals surface area contributed by atoms with Gasteiger partial charge in [0.1, 0.15) is 0 Å². The number of esters is 1. The predicted molar refractivity (Wildman–Crippen MR) is 96.6 cm³/mol. The summed E-state index contributed by atoms with van der Waals surface area (Å²) < 4.78 is 17.6. The normalized spacial score (nSPS) is 12.6. The Hall–Kier alpha value is -3.75. The third-order valence-electron chi connectivity index (χ3n) is 4.20. The van der Waals surface area contributed by atoms with Crippen LogP contribution in [0.2, 0.25) is 0 Å². The van der Waals surface area contributed by atoms with Crippen molar-refractivity contribution in [3.05, 3.63) is 42.0 Å².